The second kappa shape index (κ2) is 9.58. The molecule has 0 aliphatic rings. The summed E-state index contributed by atoms with van der Waals surface area (Å²) in [5.74, 6) is 0.541. The van der Waals surface area contributed by atoms with E-state index in [1.165, 1.54) is 12.4 Å². The number of nitrogens with one attached hydrogen (secondary N) is 2. The third-order valence-electron chi connectivity index (χ3n) is 3.51. The van der Waals surface area contributed by atoms with Gasteiger partial charge >= 0.3 is 0 Å². The summed E-state index contributed by atoms with van der Waals surface area (Å²) in [6.45, 7) is 0.114. The Kier molecular flexibility index (Phi) is 7.15. The second-order valence-electron chi connectivity index (χ2n) is 5.37. The average molecular weight is 474 g/mol. The summed E-state index contributed by atoms with van der Waals surface area (Å²) in [6, 6.07) is 10.3. The summed E-state index contributed by atoms with van der Waals surface area (Å²) in [7, 11) is 0. The quantitative estimate of drug-likeness (QED) is 0.413. The first-order valence-corrected chi connectivity index (χ1v) is 9.76. The van der Waals surface area contributed by atoms with Crippen LogP contribution in [0.25, 0.3) is 0 Å². The van der Waals surface area contributed by atoms with Crippen molar-refractivity contribution in [2.24, 2.45) is 0 Å². The van der Waals surface area contributed by atoms with E-state index in [1.54, 1.807) is 36.4 Å². The number of anilines is 2. The smallest absolute Gasteiger partial charge is 0.258 e. The molecule has 5 nitrogen and oxygen atoms in total. The Morgan fingerprint density at radius 2 is 1.43 bits per heavy atom. The van der Waals surface area contributed by atoms with Crippen LogP contribution in [0, 0.1) is 0 Å². The first kappa shape index (κ1) is 20.9. The number of hydrogen-bond donors (Lipinski definition) is 2. The lowest BCUT2D eigenvalue weighted by Gasteiger charge is -2.15. The maximum absolute atomic E-state index is 6.17. The standard InChI is InChI=1S/C18H12Cl4N4OS/c19-11-3-1-4-12(20)10(11)9-27-17-16(23-7-8-24-17)26-18(28)25-15-13(21)5-2-6-14(15)22/h1-8H,9H2,(H2,23,25,26,28). The van der Waals surface area contributed by atoms with Crippen molar-refractivity contribution in [3.05, 3.63) is 74.4 Å². The molecule has 2 N–H and O–H groups in total. The minimum atomic E-state index is 0.114. The van der Waals surface area contributed by atoms with Crippen LogP contribution < -0.4 is 15.4 Å². The Morgan fingerprint density at radius 3 is 2.07 bits per heavy atom. The van der Waals surface area contributed by atoms with Gasteiger partial charge in [-0.3, -0.25) is 0 Å². The Morgan fingerprint density at radius 1 is 0.857 bits per heavy atom. The fraction of sp³-hybridized carbons (Fsp3) is 0.0556. The molecule has 0 atom stereocenters. The lowest BCUT2D eigenvalue weighted by molar-refractivity contribution is 0.294. The topological polar surface area (TPSA) is 59.1 Å². The van der Waals surface area contributed by atoms with E-state index in [-0.39, 0.29) is 17.6 Å². The Hall–Kier alpha value is -1.83. The number of thiocarbonyl (C=S) groups is 1. The van der Waals surface area contributed by atoms with Crippen LogP contribution in [-0.4, -0.2) is 15.1 Å². The molecule has 0 aliphatic heterocycles. The third-order valence-corrected chi connectivity index (χ3v) is 5.06. The molecule has 10 heteroatoms. The predicted molar refractivity (Wildman–Crippen MR) is 119 cm³/mol. The summed E-state index contributed by atoms with van der Waals surface area (Å²) in [5.41, 5.74) is 1.13. The Balaban J connectivity index is 1.72. The molecule has 0 bridgehead atoms. The number of benzene rings is 2. The van der Waals surface area contributed by atoms with Gasteiger partial charge in [0.15, 0.2) is 10.9 Å². The first-order valence-electron chi connectivity index (χ1n) is 7.84. The van der Waals surface area contributed by atoms with Gasteiger partial charge < -0.3 is 15.4 Å². The van der Waals surface area contributed by atoms with Crippen molar-refractivity contribution in [3.8, 4) is 5.88 Å². The highest BCUT2D eigenvalue weighted by molar-refractivity contribution is 7.80. The Bertz CT molecular complexity index is 978. The number of aromatic nitrogens is 2. The first-order chi connectivity index (χ1) is 13.5. The molecule has 0 spiro atoms. The summed E-state index contributed by atoms with van der Waals surface area (Å²) >= 11 is 29.9. The van der Waals surface area contributed by atoms with E-state index in [4.69, 9.17) is 63.4 Å². The van der Waals surface area contributed by atoms with Gasteiger partial charge in [0.25, 0.3) is 5.88 Å². The largest absolute Gasteiger partial charge is 0.470 e. The van der Waals surface area contributed by atoms with Gasteiger partial charge in [-0.15, -0.1) is 0 Å². The van der Waals surface area contributed by atoms with E-state index in [9.17, 15) is 0 Å². The molecule has 144 valence electrons. The maximum atomic E-state index is 6.17. The van der Waals surface area contributed by atoms with Crippen LogP contribution in [0.2, 0.25) is 20.1 Å². The molecular weight excluding hydrogens is 462 g/mol. The molecule has 2 aromatic carbocycles. The molecule has 0 amide bonds. The number of ether oxygens (including phenoxy) is 1. The van der Waals surface area contributed by atoms with Crippen molar-refractivity contribution in [3.63, 3.8) is 0 Å². The van der Waals surface area contributed by atoms with E-state index >= 15 is 0 Å². The monoisotopic (exact) mass is 472 g/mol. The van der Waals surface area contributed by atoms with Gasteiger partial charge in [-0.2, -0.15) is 0 Å². The average Bonchev–Trinajstić information content (AvgIpc) is 2.66. The molecule has 0 aliphatic carbocycles. The van der Waals surface area contributed by atoms with Crippen molar-refractivity contribution in [2.45, 2.75) is 6.61 Å². The highest BCUT2D eigenvalue weighted by Crippen LogP contribution is 2.30. The SMILES string of the molecule is S=C(Nc1nccnc1OCc1c(Cl)cccc1Cl)Nc1c(Cl)cccc1Cl. The van der Waals surface area contributed by atoms with E-state index in [0.29, 0.717) is 37.2 Å². The molecule has 3 aromatic rings. The molecular formula is C18H12Cl4N4OS. The molecule has 0 fully saturated rings. The molecule has 0 unspecified atom stereocenters. The fourth-order valence-corrected chi connectivity index (χ4v) is 3.39. The van der Waals surface area contributed by atoms with Crippen molar-refractivity contribution in [2.75, 3.05) is 10.6 Å². The van der Waals surface area contributed by atoms with Crippen LogP contribution >= 0.6 is 58.6 Å². The van der Waals surface area contributed by atoms with E-state index < -0.39 is 0 Å². The maximum Gasteiger partial charge on any atom is 0.258 e. The second-order valence-corrected chi connectivity index (χ2v) is 7.41. The number of nitrogens with zero attached hydrogens (tertiary/aromatic N) is 2. The zero-order chi connectivity index (χ0) is 20.1. The number of halogens is 4. The van der Waals surface area contributed by atoms with E-state index in [2.05, 4.69) is 20.6 Å². The molecule has 0 saturated carbocycles. The van der Waals surface area contributed by atoms with Crippen molar-refractivity contribution in [1.82, 2.24) is 9.97 Å². The van der Waals surface area contributed by atoms with Crippen LogP contribution in [0.3, 0.4) is 0 Å². The molecule has 28 heavy (non-hydrogen) atoms. The lowest BCUT2D eigenvalue weighted by Crippen LogP contribution is -2.21. The van der Waals surface area contributed by atoms with E-state index in [0.717, 1.165) is 0 Å². The zero-order valence-corrected chi connectivity index (χ0v) is 17.9. The highest BCUT2D eigenvalue weighted by Gasteiger charge is 2.13. The fourth-order valence-electron chi connectivity index (χ4n) is 2.20. The minimum Gasteiger partial charge on any atom is -0.470 e. The number of para-hydroxylation sites is 1. The summed E-state index contributed by atoms with van der Waals surface area (Å²) < 4.78 is 5.74. The normalized spacial score (nSPS) is 10.4. The number of rotatable bonds is 5. The van der Waals surface area contributed by atoms with Gasteiger partial charge in [0.1, 0.15) is 6.61 Å². The van der Waals surface area contributed by atoms with Gasteiger partial charge in [0.05, 0.1) is 15.7 Å². The number of hydrogen-bond acceptors (Lipinski definition) is 4. The Labute approximate surface area is 186 Å². The molecule has 1 aromatic heterocycles. The van der Waals surface area contributed by atoms with Crippen molar-refractivity contribution in [1.29, 1.82) is 0 Å². The van der Waals surface area contributed by atoms with Gasteiger partial charge in [0.2, 0.25) is 0 Å². The van der Waals surface area contributed by atoms with Gasteiger partial charge in [-0.05, 0) is 36.5 Å². The minimum absolute atomic E-state index is 0.114. The van der Waals surface area contributed by atoms with Crippen LogP contribution in [0.5, 0.6) is 5.88 Å². The van der Waals surface area contributed by atoms with Crippen molar-refractivity contribution >= 4 is 75.2 Å². The van der Waals surface area contributed by atoms with Gasteiger partial charge in [0, 0.05) is 28.0 Å². The summed E-state index contributed by atoms with van der Waals surface area (Å²) in [4.78, 5) is 8.38. The van der Waals surface area contributed by atoms with Gasteiger partial charge in [-0.1, -0.05) is 58.5 Å². The third kappa shape index (κ3) is 5.16. The highest BCUT2D eigenvalue weighted by atomic mass is 35.5. The predicted octanol–water partition coefficient (Wildman–Crippen LogP) is 6.48. The van der Waals surface area contributed by atoms with E-state index in [1.807, 2.05) is 0 Å². The molecule has 0 saturated heterocycles. The van der Waals surface area contributed by atoms with Crippen LogP contribution in [-0.2, 0) is 6.61 Å². The van der Waals surface area contributed by atoms with Crippen LogP contribution in [0.4, 0.5) is 11.5 Å². The molecule has 3 rings (SSSR count). The lowest BCUT2D eigenvalue weighted by atomic mass is 10.2. The molecule has 0 radical (unpaired) electrons. The summed E-state index contributed by atoms with van der Waals surface area (Å²) in [5, 5.41) is 7.93. The summed E-state index contributed by atoms with van der Waals surface area (Å²) in [6.07, 6.45) is 3.00. The van der Waals surface area contributed by atoms with Crippen LogP contribution in [0.15, 0.2) is 48.8 Å². The molecule has 1 heterocycles. The zero-order valence-electron chi connectivity index (χ0n) is 14.0. The van der Waals surface area contributed by atoms with Gasteiger partial charge in [-0.25, -0.2) is 9.97 Å². The van der Waals surface area contributed by atoms with Crippen LogP contribution in [0.1, 0.15) is 5.56 Å². The van der Waals surface area contributed by atoms with Crippen molar-refractivity contribution < 1.29 is 4.74 Å².